The highest BCUT2D eigenvalue weighted by atomic mass is 35.5. The molecule has 2 aliphatic heterocycles. The van der Waals surface area contributed by atoms with Crippen LogP contribution < -0.4 is 0 Å². The van der Waals surface area contributed by atoms with Gasteiger partial charge in [0, 0.05) is 43.2 Å². The van der Waals surface area contributed by atoms with Crippen LogP contribution in [-0.2, 0) is 16.9 Å². The van der Waals surface area contributed by atoms with Crippen LogP contribution in [0.5, 0.6) is 0 Å². The summed E-state index contributed by atoms with van der Waals surface area (Å²) in [5, 5.41) is 1.68. The summed E-state index contributed by atoms with van der Waals surface area (Å²) < 4.78 is 6.34. The van der Waals surface area contributed by atoms with Crippen molar-refractivity contribution in [1.82, 2.24) is 9.80 Å². The molecule has 3 aromatic rings. The average Bonchev–Trinajstić information content (AvgIpc) is 3.27. The van der Waals surface area contributed by atoms with Gasteiger partial charge in [0.2, 0.25) is 0 Å². The lowest BCUT2D eigenvalue weighted by Crippen LogP contribution is -2.43. The molecule has 0 aliphatic carbocycles. The van der Waals surface area contributed by atoms with Crippen molar-refractivity contribution in [2.75, 3.05) is 33.2 Å². The average molecular weight is 558 g/mol. The summed E-state index contributed by atoms with van der Waals surface area (Å²) in [4.78, 5) is 17.4. The summed E-state index contributed by atoms with van der Waals surface area (Å²) in [6.45, 7) is 4.20. The van der Waals surface area contributed by atoms with E-state index < -0.39 is 0 Å². The Morgan fingerprint density at radius 2 is 1.73 bits per heavy atom. The molecule has 1 amide bonds. The first-order chi connectivity index (χ1) is 17.8. The number of likely N-dealkylation sites (N-methyl/N-ethyl adjacent to an activating group) is 1. The number of hydrogen-bond donors (Lipinski definition) is 0. The Morgan fingerprint density at radius 3 is 2.46 bits per heavy atom. The van der Waals surface area contributed by atoms with Gasteiger partial charge in [0.05, 0.1) is 22.3 Å². The van der Waals surface area contributed by atoms with Crippen molar-refractivity contribution >= 4 is 40.7 Å². The molecular weight excluding hydrogens is 527 g/mol. The van der Waals surface area contributed by atoms with E-state index >= 15 is 0 Å². The molecule has 1 atom stereocenters. The molecule has 1 saturated heterocycles. The largest absolute Gasteiger partial charge is 0.365 e. The third-order valence-corrected chi connectivity index (χ3v) is 8.81. The predicted octanol–water partition coefficient (Wildman–Crippen LogP) is 7.41. The zero-order chi connectivity index (χ0) is 26.0. The number of nitrogens with zero attached hydrogens (tertiary/aromatic N) is 2. The van der Waals surface area contributed by atoms with Gasteiger partial charge in [-0.1, -0.05) is 65.1 Å². The van der Waals surface area contributed by atoms with Crippen molar-refractivity contribution in [3.8, 4) is 0 Å². The monoisotopic (exact) mass is 556 g/mol. The molecule has 0 bridgehead atoms. The van der Waals surface area contributed by atoms with Gasteiger partial charge in [-0.3, -0.25) is 4.79 Å². The van der Waals surface area contributed by atoms with Gasteiger partial charge >= 0.3 is 0 Å². The molecule has 3 aromatic carbocycles. The van der Waals surface area contributed by atoms with Crippen LogP contribution in [0.3, 0.4) is 0 Å². The first-order valence-corrected chi connectivity index (χ1v) is 13.9. The molecule has 0 radical (unpaired) electrons. The number of halogens is 3. The topological polar surface area (TPSA) is 32.8 Å². The maximum Gasteiger partial charge on any atom is 0.253 e. The number of hydrogen-bond acceptors (Lipinski definition) is 3. The number of ether oxygens (including phenoxy) is 1. The van der Waals surface area contributed by atoms with Gasteiger partial charge in [0.1, 0.15) is 0 Å². The fourth-order valence-electron chi connectivity index (χ4n) is 5.63. The normalized spacial score (nSPS) is 17.5. The number of carbonyl (C=O) groups excluding carboxylic acids is 1. The number of carbonyl (C=O) groups is 1. The van der Waals surface area contributed by atoms with Gasteiger partial charge in [-0.2, -0.15) is 0 Å². The second-order valence-electron chi connectivity index (χ2n) is 10.1. The quantitative estimate of drug-likeness (QED) is 0.303. The lowest BCUT2D eigenvalue weighted by atomic mass is 9.83. The highest BCUT2D eigenvalue weighted by molar-refractivity contribution is 6.42. The minimum absolute atomic E-state index is 0.0290. The molecule has 1 unspecified atom stereocenters. The summed E-state index contributed by atoms with van der Waals surface area (Å²) in [5.74, 6) is 0.0917. The van der Waals surface area contributed by atoms with Gasteiger partial charge in [0.25, 0.3) is 5.91 Å². The molecule has 4 nitrogen and oxygen atoms in total. The van der Waals surface area contributed by atoms with Crippen LogP contribution in [0.4, 0.5) is 0 Å². The van der Waals surface area contributed by atoms with E-state index in [1.165, 1.54) is 11.1 Å². The van der Waals surface area contributed by atoms with Crippen LogP contribution in [-0.4, -0.2) is 48.9 Å². The van der Waals surface area contributed by atoms with Gasteiger partial charge in [0.15, 0.2) is 0 Å². The zero-order valence-corrected chi connectivity index (χ0v) is 23.2. The Morgan fingerprint density at radius 1 is 1.00 bits per heavy atom. The molecule has 1 spiro atoms. The van der Waals surface area contributed by atoms with Crippen molar-refractivity contribution in [3.05, 3.63) is 104 Å². The van der Waals surface area contributed by atoms with Crippen LogP contribution in [0.2, 0.25) is 15.1 Å². The second kappa shape index (κ2) is 11.3. The van der Waals surface area contributed by atoms with Crippen molar-refractivity contribution in [3.63, 3.8) is 0 Å². The SMILES string of the molecule is CN(CC(CCN1CCC2(CC1)OCc1ccccc12)c1ccc(Cl)c(Cl)c1)C(=O)c1ccc(Cl)cc1. The number of rotatable bonds is 7. The van der Waals surface area contributed by atoms with E-state index in [9.17, 15) is 4.79 Å². The summed E-state index contributed by atoms with van der Waals surface area (Å²) >= 11 is 18.6. The highest BCUT2D eigenvalue weighted by Gasteiger charge is 2.42. The summed E-state index contributed by atoms with van der Waals surface area (Å²) in [6.07, 6.45) is 2.90. The first kappa shape index (κ1) is 26.5. The fraction of sp³-hybridized carbons (Fsp3) is 0.367. The molecule has 194 valence electrons. The van der Waals surface area contributed by atoms with E-state index in [1.807, 2.05) is 25.2 Å². The molecular formula is C30H31Cl3N2O2. The number of benzene rings is 3. The standard InChI is InChI=1S/C30H31Cl3N2O2/c1-34(29(36)21-6-9-25(31)10-7-21)19-23(22-8-11-27(32)28(33)18-22)12-15-35-16-13-30(14-17-35)26-5-3-2-4-24(26)20-37-30/h2-11,18,23H,12-17,19-20H2,1H3. The Labute approximate surface area is 234 Å². The number of amides is 1. The fourth-order valence-corrected chi connectivity index (χ4v) is 6.06. The van der Waals surface area contributed by atoms with Crippen LogP contribution >= 0.6 is 34.8 Å². The molecule has 37 heavy (non-hydrogen) atoms. The molecule has 5 rings (SSSR count). The van der Waals surface area contributed by atoms with E-state index in [1.54, 1.807) is 29.2 Å². The Hall–Kier alpha value is -2.08. The third kappa shape index (κ3) is 5.84. The van der Waals surface area contributed by atoms with Crippen molar-refractivity contribution in [1.29, 1.82) is 0 Å². The van der Waals surface area contributed by atoms with Crippen LogP contribution in [0.1, 0.15) is 52.2 Å². The molecule has 0 aromatic heterocycles. The molecule has 0 N–H and O–H groups in total. The Bertz CT molecular complexity index is 1260. The van der Waals surface area contributed by atoms with Crippen LogP contribution in [0, 0.1) is 0 Å². The lowest BCUT2D eigenvalue weighted by molar-refractivity contribution is -0.0790. The molecule has 0 saturated carbocycles. The van der Waals surface area contributed by atoms with Gasteiger partial charge < -0.3 is 14.5 Å². The predicted molar refractivity (Wildman–Crippen MR) is 151 cm³/mol. The van der Waals surface area contributed by atoms with E-state index in [0.29, 0.717) is 33.8 Å². The van der Waals surface area contributed by atoms with E-state index in [2.05, 4.69) is 29.2 Å². The first-order valence-electron chi connectivity index (χ1n) is 12.8. The minimum Gasteiger partial charge on any atom is -0.365 e. The maximum absolute atomic E-state index is 13.1. The van der Waals surface area contributed by atoms with Gasteiger partial charge in [-0.25, -0.2) is 0 Å². The zero-order valence-electron chi connectivity index (χ0n) is 20.9. The third-order valence-electron chi connectivity index (χ3n) is 7.82. The van der Waals surface area contributed by atoms with Crippen LogP contribution in [0.15, 0.2) is 66.7 Å². The molecule has 7 heteroatoms. The second-order valence-corrected chi connectivity index (χ2v) is 11.4. The van der Waals surface area contributed by atoms with E-state index in [0.717, 1.165) is 44.5 Å². The summed E-state index contributed by atoms with van der Waals surface area (Å²) in [6, 6.07) is 21.4. The Balaban J connectivity index is 1.25. The van der Waals surface area contributed by atoms with Crippen molar-refractivity contribution in [2.45, 2.75) is 37.4 Å². The van der Waals surface area contributed by atoms with Gasteiger partial charge in [-0.15, -0.1) is 0 Å². The van der Waals surface area contributed by atoms with Crippen molar-refractivity contribution < 1.29 is 9.53 Å². The molecule has 2 aliphatic rings. The van der Waals surface area contributed by atoms with Crippen LogP contribution in [0.25, 0.3) is 0 Å². The Kier molecular flexibility index (Phi) is 8.13. The lowest BCUT2D eigenvalue weighted by Gasteiger charge is -2.40. The summed E-state index contributed by atoms with van der Waals surface area (Å²) in [7, 11) is 1.85. The highest BCUT2D eigenvalue weighted by Crippen LogP contribution is 2.44. The van der Waals surface area contributed by atoms with E-state index in [4.69, 9.17) is 39.5 Å². The number of likely N-dealkylation sites (tertiary alicyclic amines) is 1. The van der Waals surface area contributed by atoms with Crippen molar-refractivity contribution in [2.24, 2.45) is 0 Å². The van der Waals surface area contributed by atoms with Gasteiger partial charge in [-0.05, 0) is 78.9 Å². The number of fused-ring (bicyclic) bond motifs is 2. The minimum atomic E-state index is -0.137. The van der Waals surface area contributed by atoms with E-state index in [-0.39, 0.29) is 17.4 Å². The molecule has 2 heterocycles. The maximum atomic E-state index is 13.1. The smallest absolute Gasteiger partial charge is 0.253 e. The molecule has 1 fully saturated rings. The summed E-state index contributed by atoms with van der Waals surface area (Å²) in [5.41, 5.74) is 4.26. The number of piperidine rings is 1.